The number of amides is 1. The number of carbonyl (C=O) groups excluding carboxylic acids is 1. The van der Waals surface area contributed by atoms with Gasteiger partial charge in [-0.2, -0.15) is 5.21 Å². The molecule has 0 aliphatic carbocycles. The fraction of sp³-hybridized carbons (Fsp3) is 0.500. The standard InChI is InChI=1S/C10H11N5O3S2/c1-4(20-10-11-13-14-12-10)5-3-19-7-2-6(16)15(7)8(5)9(17)18/h4,7H,2-3H2,1H3,(H,17,18)(H,11,12,13,14)/t4?,7-/m1/s1. The van der Waals surface area contributed by atoms with Gasteiger partial charge in [-0.05, 0) is 17.7 Å². The Morgan fingerprint density at radius 3 is 3.05 bits per heavy atom. The summed E-state index contributed by atoms with van der Waals surface area (Å²) < 4.78 is 0. The first-order chi connectivity index (χ1) is 9.58. The molecule has 1 amide bonds. The van der Waals surface area contributed by atoms with Gasteiger partial charge in [-0.25, -0.2) is 4.79 Å². The lowest BCUT2D eigenvalue weighted by molar-refractivity contribution is -0.146. The second-order valence-electron chi connectivity index (χ2n) is 4.37. The average Bonchev–Trinajstić information content (AvgIpc) is 2.89. The van der Waals surface area contributed by atoms with E-state index in [9.17, 15) is 14.7 Å². The van der Waals surface area contributed by atoms with Crippen molar-refractivity contribution in [3.63, 3.8) is 0 Å². The highest BCUT2D eigenvalue weighted by molar-refractivity contribution is 8.01. The number of carboxylic acid groups (broad SMARTS) is 1. The molecule has 20 heavy (non-hydrogen) atoms. The Kier molecular flexibility index (Phi) is 3.42. The molecule has 8 nitrogen and oxygen atoms in total. The Labute approximate surface area is 122 Å². The van der Waals surface area contributed by atoms with E-state index in [0.717, 1.165) is 5.57 Å². The van der Waals surface area contributed by atoms with Crippen LogP contribution in [0.4, 0.5) is 0 Å². The fourth-order valence-corrected chi connectivity index (χ4v) is 4.51. The summed E-state index contributed by atoms with van der Waals surface area (Å²) in [5.74, 6) is -0.588. The van der Waals surface area contributed by atoms with Gasteiger partial charge in [0.2, 0.25) is 11.1 Å². The van der Waals surface area contributed by atoms with Crippen LogP contribution in [-0.2, 0) is 9.59 Å². The maximum Gasteiger partial charge on any atom is 0.352 e. The zero-order chi connectivity index (χ0) is 14.3. The van der Waals surface area contributed by atoms with Crippen molar-refractivity contribution < 1.29 is 14.7 Å². The van der Waals surface area contributed by atoms with Gasteiger partial charge in [0, 0.05) is 11.0 Å². The number of carbonyl (C=O) groups is 2. The molecule has 3 heterocycles. The molecule has 2 N–H and O–H groups in total. The SMILES string of the molecule is CC(Sc1nn[nH]n1)C1=C(C(=O)O)N2C(=O)C[C@H]2SC1. The second kappa shape index (κ2) is 5.09. The van der Waals surface area contributed by atoms with Crippen molar-refractivity contribution in [2.45, 2.75) is 29.1 Å². The molecular weight excluding hydrogens is 302 g/mol. The molecule has 2 atom stereocenters. The van der Waals surface area contributed by atoms with E-state index in [1.54, 1.807) is 11.8 Å². The highest BCUT2D eigenvalue weighted by atomic mass is 32.2. The number of H-pyrrole nitrogens is 1. The maximum absolute atomic E-state index is 11.6. The fourth-order valence-electron chi connectivity index (χ4n) is 2.18. The number of aromatic amines is 1. The number of hydrogen-bond donors (Lipinski definition) is 2. The molecule has 2 aliphatic heterocycles. The first kappa shape index (κ1) is 13.4. The molecule has 1 fully saturated rings. The number of carboxylic acids is 1. The molecule has 106 valence electrons. The Morgan fingerprint density at radius 2 is 2.45 bits per heavy atom. The molecule has 1 aromatic heterocycles. The Bertz CT molecular complexity index is 588. The maximum atomic E-state index is 11.6. The molecule has 0 spiro atoms. The molecule has 3 rings (SSSR count). The summed E-state index contributed by atoms with van der Waals surface area (Å²) in [5, 5.41) is 23.2. The minimum absolute atomic E-state index is 0.0280. The van der Waals surface area contributed by atoms with Crippen molar-refractivity contribution in [2.75, 3.05) is 5.75 Å². The molecule has 0 saturated carbocycles. The lowest BCUT2D eigenvalue weighted by Gasteiger charge is -2.44. The van der Waals surface area contributed by atoms with Crippen LogP contribution in [0.5, 0.6) is 0 Å². The molecular formula is C10H11N5O3S2. The van der Waals surface area contributed by atoms with E-state index < -0.39 is 5.97 Å². The molecule has 2 aliphatic rings. The average molecular weight is 313 g/mol. The van der Waals surface area contributed by atoms with Crippen LogP contribution in [0.3, 0.4) is 0 Å². The Hall–Kier alpha value is -1.55. The topological polar surface area (TPSA) is 112 Å². The van der Waals surface area contributed by atoms with Crippen molar-refractivity contribution in [1.29, 1.82) is 0 Å². The lowest BCUT2D eigenvalue weighted by Crippen LogP contribution is -2.54. The van der Waals surface area contributed by atoms with Crippen LogP contribution in [0.15, 0.2) is 16.4 Å². The second-order valence-corrected chi connectivity index (χ2v) is 6.84. The summed E-state index contributed by atoms with van der Waals surface area (Å²) in [6, 6.07) is 0. The van der Waals surface area contributed by atoms with Gasteiger partial charge in [0.1, 0.15) is 5.70 Å². The molecule has 10 heteroatoms. The van der Waals surface area contributed by atoms with E-state index in [1.165, 1.54) is 16.7 Å². The molecule has 0 bridgehead atoms. The number of aromatic nitrogens is 4. The van der Waals surface area contributed by atoms with E-state index >= 15 is 0 Å². The monoisotopic (exact) mass is 313 g/mol. The zero-order valence-corrected chi connectivity index (χ0v) is 12.1. The molecule has 0 aromatic carbocycles. The van der Waals surface area contributed by atoms with Gasteiger partial charge < -0.3 is 5.11 Å². The van der Waals surface area contributed by atoms with Crippen LogP contribution in [0.25, 0.3) is 0 Å². The summed E-state index contributed by atoms with van der Waals surface area (Å²) in [4.78, 5) is 24.5. The molecule has 1 unspecified atom stereocenters. The molecule has 1 aromatic rings. The van der Waals surface area contributed by atoms with Crippen LogP contribution in [-0.4, -0.2) is 58.9 Å². The number of β-lactam (4-membered cyclic amide) rings is 1. The van der Waals surface area contributed by atoms with Gasteiger partial charge >= 0.3 is 5.97 Å². The minimum Gasteiger partial charge on any atom is -0.477 e. The first-order valence-electron chi connectivity index (χ1n) is 5.88. The number of fused-ring (bicyclic) bond motifs is 1. The van der Waals surface area contributed by atoms with Gasteiger partial charge in [-0.3, -0.25) is 9.69 Å². The quantitative estimate of drug-likeness (QED) is 0.604. The van der Waals surface area contributed by atoms with E-state index in [1.807, 2.05) is 6.92 Å². The number of thioether (sulfide) groups is 2. The summed E-state index contributed by atoms with van der Waals surface area (Å²) in [7, 11) is 0. The number of rotatable bonds is 4. The molecule has 1 saturated heterocycles. The first-order valence-corrected chi connectivity index (χ1v) is 7.81. The van der Waals surface area contributed by atoms with Crippen molar-refractivity contribution in [2.24, 2.45) is 0 Å². The summed E-state index contributed by atoms with van der Waals surface area (Å²) in [5.41, 5.74) is 0.843. The van der Waals surface area contributed by atoms with Crippen LogP contribution < -0.4 is 0 Å². The lowest BCUT2D eigenvalue weighted by atomic mass is 10.1. The van der Waals surface area contributed by atoms with Crippen molar-refractivity contribution >= 4 is 35.4 Å². The van der Waals surface area contributed by atoms with E-state index in [4.69, 9.17) is 0 Å². The number of nitrogens with one attached hydrogen (secondary N) is 1. The van der Waals surface area contributed by atoms with Gasteiger partial charge in [0.15, 0.2) is 0 Å². The number of tetrazole rings is 1. The Morgan fingerprint density at radius 1 is 1.65 bits per heavy atom. The van der Waals surface area contributed by atoms with Crippen LogP contribution in [0.1, 0.15) is 13.3 Å². The predicted molar refractivity (Wildman–Crippen MR) is 71.9 cm³/mol. The minimum atomic E-state index is -1.06. The van der Waals surface area contributed by atoms with E-state index in [0.29, 0.717) is 17.3 Å². The smallest absolute Gasteiger partial charge is 0.352 e. The van der Waals surface area contributed by atoms with Crippen LogP contribution in [0.2, 0.25) is 0 Å². The zero-order valence-electron chi connectivity index (χ0n) is 10.4. The number of nitrogens with zero attached hydrogens (tertiary/aromatic N) is 4. The van der Waals surface area contributed by atoms with Gasteiger partial charge in [-0.1, -0.05) is 11.8 Å². The van der Waals surface area contributed by atoms with Crippen LogP contribution >= 0.6 is 23.5 Å². The van der Waals surface area contributed by atoms with Crippen molar-refractivity contribution in [3.8, 4) is 0 Å². The highest BCUT2D eigenvalue weighted by Gasteiger charge is 2.46. The van der Waals surface area contributed by atoms with E-state index in [2.05, 4.69) is 20.6 Å². The normalized spacial score (nSPS) is 23.4. The largest absolute Gasteiger partial charge is 0.477 e. The van der Waals surface area contributed by atoms with Gasteiger partial charge in [-0.15, -0.1) is 22.0 Å². The molecule has 0 radical (unpaired) electrons. The van der Waals surface area contributed by atoms with Crippen molar-refractivity contribution in [1.82, 2.24) is 25.5 Å². The van der Waals surface area contributed by atoms with Gasteiger partial charge in [0.05, 0.1) is 11.8 Å². The highest BCUT2D eigenvalue weighted by Crippen LogP contribution is 2.42. The third kappa shape index (κ3) is 2.18. The predicted octanol–water partition coefficient (Wildman–Crippen LogP) is 0.324. The number of aliphatic carboxylic acids is 1. The summed E-state index contributed by atoms with van der Waals surface area (Å²) in [6.45, 7) is 1.88. The summed E-state index contributed by atoms with van der Waals surface area (Å²) >= 11 is 2.91. The third-order valence-corrected chi connectivity index (χ3v) is 5.45. The van der Waals surface area contributed by atoms with Gasteiger partial charge in [0.25, 0.3) is 0 Å². The van der Waals surface area contributed by atoms with Crippen LogP contribution in [0, 0.1) is 0 Å². The third-order valence-electron chi connectivity index (χ3n) is 3.18. The van der Waals surface area contributed by atoms with Crippen molar-refractivity contribution in [3.05, 3.63) is 11.3 Å². The Balaban J connectivity index is 1.89. The summed E-state index contributed by atoms with van der Waals surface area (Å²) in [6.07, 6.45) is 0.418. The van der Waals surface area contributed by atoms with E-state index in [-0.39, 0.29) is 22.2 Å². The number of hydrogen-bond acceptors (Lipinski definition) is 7.